The molecule has 3 atom stereocenters. The highest BCUT2D eigenvalue weighted by atomic mass is 16.1. The van der Waals surface area contributed by atoms with Gasteiger partial charge in [-0.2, -0.15) is 0 Å². The summed E-state index contributed by atoms with van der Waals surface area (Å²) >= 11 is 0. The van der Waals surface area contributed by atoms with Crippen molar-refractivity contribution >= 4 is 12.4 Å². The Hall–Kier alpha value is -1.35. The van der Waals surface area contributed by atoms with Gasteiger partial charge in [-0.05, 0) is 31.7 Å². The third-order valence-corrected chi connectivity index (χ3v) is 4.18. The maximum absolute atomic E-state index is 11.1. The van der Waals surface area contributed by atoms with E-state index in [-0.39, 0.29) is 6.04 Å². The third-order valence-electron chi connectivity index (χ3n) is 4.18. The Balaban J connectivity index is 2.18. The molecule has 1 aromatic heterocycles. The summed E-state index contributed by atoms with van der Waals surface area (Å²) in [6.07, 6.45) is 5.08. The fraction of sp³-hybridized carbons (Fsp3) is 0.500. The number of aromatic nitrogens is 1. The molecule has 0 amide bonds. The fourth-order valence-corrected chi connectivity index (χ4v) is 3.20. The van der Waals surface area contributed by atoms with E-state index in [4.69, 9.17) is 0 Å². The van der Waals surface area contributed by atoms with E-state index in [0.717, 1.165) is 12.8 Å². The van der Waals surface area contributed by atoms with Crippen molar-refractivity contribution in [3.8, 4) is 0 Å². The molecule has 3 heterocycles. The van der Waals surface area contributed by atoms with Gasteiger partial charge in [-0.15, -0.1) is 0 Å². The molecule has 3 heteroatoms. The summed E-state index contributed by atoms with van der Waals surface area (Å²) in [7, 11) is 2.17. The van der Waals surface area contributed by atoms with Crippen LogP contribution in [0.3, 0.4) is 0 Å². The Kier molecular flexibility index (Phi) is 2.26. The number of allylic oxidation sites excluding steroid dienone is 1. The van der Waals surface area contributed by atoms with Crippen molar-refractivity contribution in [3.05, 3.63) is 29.1 Å². The molecule has 0 N–H and O–H groups in total. The van der Waals surface area contributed by atoms with Crippen molar-refractivity contribution in [2.24, 2.45) is 0 Å². The Labute approximate surface area is 102 Å². The van der Waals surface area contributed by atoms with Gasteiger partial charge in [0.15, 0.2) is 0 Å². The van der Waals surface area contributed by atoms with Crippen molar-refractivity contribution in [3.63, 3.8) is 0 Å². The van der Waals surface area contributed by atoms with Crippen molar-refractivity contribution in [2.75, 3.05) is 13.6 Å². The summed E-state index contributed by atoms with van der Waals surface area (Å²) in [6.45, 7) is 5.54. The molecular weight excluding hydrogens is 212 g/mol. The standard InChI is InChI=1S/C14H18N2O/c1-9-7-15(3)10(2)13-6-11-4-5-12(8-17)16(11)14(9)13/h4-6,8-10,12H,7H2,1-3H3. The molecule has 0 saturated carbocycles. The van der Waals surface area contributed by atoms with E-state index in [1.165, 1.54) is 17.0 Å². The molecule has 3 unspecified atom stereocenters. The van der Waals surface area contributed by atoms with Crippen LogP contribution in [-0.2, 0) is 4.79 Å². The monoisotopic (exact) mass is 230 g/mol. The first-order valence-corrected chi connectivity index (χ1v) is 6.22. The molecule has 90 valence electrons. The van der Waals surface area contributed by atoms with Crippen LogP contribution in [0.4, 0.5) is 0 Å². The van der Waals surface area contributed by atoms with Crippen LogP contribution in [0.5, 0.6) is 0 Å². The lowest BCUT2D eigenvalue weighted by Gasteiger charge is -2.35. The van der Waals surface area contributed by atoms with Crippen LogP contribution in [0.2, 0.25) is 0 Å². The molecule has 2 aliphatic heterocycles. The number of fused-ring (bicyclic) bond motifs is 3. The number of nitrogens with zero attached hydrogens (tertiary/aromatic N) is 2. The predicted molar refractivity (Wildman–Crippen MR) is 68.0 cm³/mol. The van der Waals surface area contributed by atoms with Gasteiger partial charge in [-0.1, -0.05) is 13.0 Å². The Morgan fingerprint density at radius 3 is 2.88 bits per heavy atom. The number of hydrogen-bond acceptors (Lipinski definition) is 2. The fourth-order valence-electron chi connectivity index (χ4n) is 3.20. The quantitative estimate of drug-likeness (QED) is 0.692. The number of aldehydes is 1. The molecule has 3 rings (SSSR count). The highest BCUT2D eigenvalue weighted by Crippen LogP contribution is 2.40. The minimum atomic E-state index is -0.0909. The Bertz CT molecular complexity index is 501. The molecule has 0 aromatic carbocycles. The molecule has 1 aromatic rings. The Morgan fingerprint density at radius 1 is 1.41 bits per heavy atom. The summed E-state index contributed by atoms with van der Waals surface area (Å²) in [5.41, 5.74) is 3.92. The van der Waals surface area contributed by atoms with Gasteiger partial charge in [0.25, 0.3) is 0 Å². The third kappa shape index (κ3) is 1.35. The minimum Gasteiger partial charge on any atom is -0.331 e. The molecule has 0 aliphatic carbocycles. The summed E-state index contributed by atoms with van der Waals surface area (Å²) in [5.74, 6) is 0.488. The van der Waals surface area contributed by atoms with Crippen LogP contribution in [0.1, 0.15) is 48.8 Å². The molecule has 0 bridgehead atoms. The van der Waals surface area contributed by atoms with E-state index in [0.29, 0.717) is 12.0 Å². The summed E-state index contributed by atoms with van der Waals surface area (Å²) in [5, 5.41) is 0. The zero-order chi connectivity index (χ0) is 12.2. The second-order valence-corrected chi connectivity index (χ2v) is 5.28. The number of rotatable bonds is 1. The van der Waals surface area contributed by atoms with Gasteiger partial charge in [0, 0.05) is 29.9 Å². The van der Waals surface area contributed by atoms with Crippen molar-refractivity contribution in [1.82, 2.24) is 9.47 Å². The summed E-state index contributed by atoms with van der Waals surface area (Å²) in [4.78, 5) is 13.5. The van der Waals surface area contributed by atoms with E-state index < -0.39 is 0 Å². The van der Waals surface area contributed by atoms with E-state index >= 15 is 0 Å². The van der Waals surface area contributed by atoms with Gasteiger partial charge in [0.1, 0.15) is 12.3 Å². The number of hydrogen-bond donors (Lipinski definition) is 0. The lowest BCUT2D eigenvalue weighted by molar-refractivity contribution is -0.109. The first kappa shape index (κ1) is 10.8. The first-order chi connectivity index (χ1) is 8.13. The van der Waals surface area contributed by atoms with Gasteiger partial charge in [-0.25, -0.2) is 0 Å². The average molecular weight is 230 g/mol. The smallest absolute Gasteiger partial charge is 0.146 e. The lowest BCUT2D eigenvalue weighted by atomic mass is 9.93. The molecule has 3 nitrogen and oxygen atoms in total. The number of carbonyl (C=O) groups is 1. The Morgan fingerprint density at radius 2 is 2.18 bits per heavy atom. The summed E-state index contributed by atoms with van der Waals surface area (Å²) in [6, 6.07) is 2.60. The second kappa shape index (κ2) is 3.57. The molecule has 0 spiro atoms. The second-order valence-electron chi connectivity index (χ2n) is 5.28. The first-order valence-electron chi connectivity index (χ1n) is 6.22. The minimum absolute atomic E-state index is 0.0909. The molecule has 0 radical (unpaired) electrons. The van der Waals surface area contributed by atoms with Crippen molar-refractivity contribution in [2.45, 2.75) is 31.8 Å². The van der Waals surface area contributed by atoms with E-state index in [2.05, 4.69) is 42.5 Å². The summed E-state index contributed by atoms with van der Waals surface area (Å²) < 4.78 is 2.20. The van der Waals surface area contributed by atoms with Gasteiger partial charge in [-0.3, -0.25) is 4.90 Å². The number of carbonyl (C=O) groups excluding carboxylic acids is 1. The average Bonchev–Trinajstić information content (AvgIpc) is 2.83. The van der Waals surface area contributed by atoms with E-state index in [1.54, 1.807) is 0 Å². The lowest BCUT2D eigenvalue weighted by Crippen LogP contribution is -2.33. The predicted octanol–water partition coefficient (Wildman–Crippen LogP) is 2.36. The van der Waals surface area contributed by atoms with Crippen LogP contribution < -0.4 is 0 Å². The zero-order valence-electron chi connectivity index (χ0n) is 10.6. The van der Waals surface area contributed by atoms with Crippen molar-refractivity contribution < 1.29 is 4.79 Å². The SMILES string of the molecule is CC1CN(C)C(C)c2cc3n(c21)C(C=O)C=C3. The van der Waals surface area contributed by atoms with Gasteiger partial charge < -0.3 is 9.36 Å². The topological polar surface area (TPSA) is 25.2 Å². The molecular formula is C14H18N2O. The molecule has 0 fully saturated rings. The van der Waals surface area contributed by atoms with Crippen molar-refractivity contribution in [1.29, 1.82) is 0 Å². The normalized spacial score (nSPS) is 31.4. The van der Waals surface area contributed by atoms with Gasteiger partial charge in [0.05, 0.1) is 0 Å². The maximum atomic E-state index is 11.1. The molecule has 2 aliphatic rings. The van der Waals surface area contributed by atoms with Crippen LogP contribution >= 0.6 is 0 Å². The van der Waals surface area contributed by atoms with Gasteiger partial charge in [0.2, 0.25) is 0 Å². The highest BCUT2D eigenvalue weighted by molar-refractivity contribution is 5.69. The van der Waals surface area contributed by atoms with Crippen LogP contribution in [0.15, 0.2) is 12.1 Å². The van der Waals surface area contributed by atoms with E-state index in [1.807, 2.05) is 6.08 Å². The van der Waals surface area contributed by atoms with Crippen LogP contribution in [0, 0.1) is 0 Å². The molecule has 0 saturated heterocycles. The zero-order valence-corrected chi connectivity index (χ0v) is 10.6. The molecule has 17 heavy (non-hydrogen) atoms. The maximum Gasteiger partial charge on any atom is 0.146 e. The van der Waals surface area contributed by atoms with Crippen LogP contribution in [0.25, 0.3) is 6.08 Å². The van der Waals surface area contributed by atoms with Crippen LogP contribution in [-0.4, -0.2) is 29.3 Å². The number of likely N-dealkylation sites (N-methyl/N-ethyl adjacent to an activating group) is 1. The van der Waals surface area contributed by atoms with Gasteiger partial charge >= 0.3 is 0 Å². The van der Waals surface area contributed by atoms with E-state index in [9.17, 15) is 4.79 Å². The largest absolute Gasteiger partial charge is 0.331 e. The highest BCUT2D eigenvalue weighted by Gasteiger charge is 2.33.